The fourth-order valence-electron chi connectivity index (χ4n) is 2.45. The molecule has 1 fully saturated rings. The summed E-state index contributed by atoms with van der Waals surface area (Å²) in [5, 5.41) is 19.7. The van der Waals surface area contributed by atoms with Crippen molar-refractivity contribution >= 4 is 38.6 Å². The summed E-state index contributed by atoms with van der Waals surface area (Å²) in [4.78, 5) is 10.1. The first-order valence-electron chi connectivity index (χ1n) is 6.44. The number of rotatable bonds is 6. The van der Waals surface area contributed by atoms with Crippen molar-refractivity contribution in [3.63, 3.8) is 0 Å². The summed E-state index contributed by atoms with van der Waals surface area (Å²) in [5.41, 5.74) is -0.383. The van der Waals surface area contributed by atoms with E-state index >= 15 is 0 Å². The normalized spacial score (nSPS) is 20.0. The molecule has 118 valence electrons. The summed E-state index contributed by atoms with van der Waals surface area (Å²) < 4.78 is 26.3. The quantitative estimate of drug-likeness (QED) is 0.623. The van der Waals surface area contributed by atoms with Gasteiger partial charge in [-0.05, 0) is 25.7 Å². The van der Waals surface area contributed by atoms with Gasteiger partial charge < -0.3 is 5.11 Å². The summed E-state index contributed by atoms with van der Waals surface area (Å²) in [6.45, 7) is 0.405. The third kappa shape index (κ3) is 3.37. The molecule has 7 nitrogen and oxygen atoms in total. The molecule has 0 aromatic carbocycles. The maximum absolute atomic E-state index is 12.6. The van der Waals surface area contributed by atoms with Crippen LogP contribution >= 0.6 is 22.9 Å². The van der Waals surface area contributed by atoms with Crippen molar-refractivity contribution in [2.75, 3.05) is 13.2 Å². The Balaban J connectivity index is 2.28. The summed E-state index contributed by atoms with van der Waals surface area (Å²) in [7, 11) is -3.77. The Labute approximate surface area is 131 Å². The van der Waals surface area contributed by atoms with Crippen LogP contribution in [0.2, 0.25) is 4.34 Å². The van der Waals surface area contributed by atoms with Crippen LogP contribution in [0.15, 0.2) is 10.3 Å². The number of halogens is 1. The van der Waals surface area contributed by atoms with Gasteiger partial charge in [0.1, 0.15) is 4.21 Å². The lowest BCUT2D eigenvalue weighted by molar-refractivity contribution is -0.384. The smallest absolute Gasteiger partial charge is 0.300 e. The van der Waals surface area contributed by atoms with Crippen LogP contribution in [-0.4, -0.2) is 41.9 Å². The van der Waals surface area contributed by atoms with E-state index in [1.165, 1.54) is 4.31 Å². The molecule has 21 heavy (non-hydrogen) atoms. The van der Waals surface area contributed by atoms with Crippen LogP contribution in [0.4, 0.5) is 5.69 Å². The number of sulfonamides is 1. The van der Waals surface area contributed by atoms with Crippen LogP contribution in [0.25, 0.3) is 0 Å². The van der Waals surface area contributed by atoms with Crippen molar-refractivity contribution in [3.05, 3.63) is 20.5 Å². The first kappa shape index (κ1) is 16.6. The zero-order valence-corrected chi connectivity index (χ0v) is 13.5. The van der Waals surface area contributed by atoms with E-state index in [1.54, 1.807) is 0 Å². The Morgan fingerprint density at radius 2 is 2.29 bits per heavy atom. The van der Waals surface area contributed by atoms with E-state index in [2.05, 4.69) is 0 Å². The van der Waals surface area contributed by atoms with Crippen LogP contribution < -0.4 is 0 Å². The number of hydrogen-bond acceptors (Lipinski definition) is 6. The number of nitrogens with zero attached hydrogens (tertiary/aromatic N) is 2. The van der Waals surface area contributed by atoms with E-state index in [4.69, 9.17) is 16.7 Å². The molecule has 0 spiro atoms. The van der Waals surface area contributed by atoms with Gasteiger partial charge >= 0.3 is 0 Å². The Kier molecular flexibility index (Phi) is 5.20. The van der Waals surface area contributed by atoms with Gasteiger partial charge in [-0.15, -0.1) is 11.3 Å². The number of nitro groups is 1. The Hall–Kier alpha value is -0.740. The number of aliphatic hydroxyl groups excluding tert-OH is 1. The predicted octanol–water partition coefficient (Wildman–Crippen LogP) is 2.24. The van der Waals surface area contributed by atoms with Gasteiger partial charge in [-0.3, -0.25) is 10.1 Å². The molecule has 1 saturated heterocycles. The molecule has 0 radical (unpaired) electrons. The van der Waals surface area contributed by atoms with E-state index in [9.17, 15) is 18.5 Å². The highest BCUT2D eigenvalue weighted by Gasteiger charge is 2.37. The molecule has 0 saturated carbocycles. The molecule has 1 aliphatic rings. The van der Waals surface area contributed by atoms with Gasteiger partial charge in [-0.25, -0.2) is 8.42 Å². The van der Waals surface area contributed by atoms with Crippen LogP contribution in [0.3, 0.4) is 0 Å². The summed E-state index contributed by atoms with van der Waals surface area (Å²) in [5.74, 6) is 0. The minimum atomic E-state index is -3.77. The standard InChI is InChI=1S/C11H15ClN2O5S2/c12-11-9(14(16)17)7-10(20-11)21(18,19)13-5-1-3-8(13)4-2-6-15/h7-8,15H,1-6H2. The second kappa shape index (κ2) is 6.57. The number of hydrogen-bond donors (Lipinski definition) is 1. The van der Waals surface area contributed by atoms with Crippen molar-refractivity contribution in [2.24, 2.45) is 0 Å². The van der Waals surface area contributed by atoms with Crippen molar-refractivity contribution < 1.29 is 18.4 Å². The predicted molar refractivity (Wildman–Crippen MR) is 79.2 cm³/mol. The first-order chi connectivity index (χ1) is 9.87. The fraction of sp³-hybridized carbons (Fsp3) is 0.636. The van der Waals surface area contributed by atoms with Crippen LogP contribution in [0.1, 0.15) is 25.7 Å². The molecular weight excluding hydrogens is 340 g/mol. The summed E-state index contributed by atoms with van der Waals surface area (Å²) >= 11 is 6.44. The SMILES string of the molecule is O=[N+]([O-])c1cc(S(=O)(=O)N2CCCC2CCCO)sc1Cl. The zero-order chi connectivity index (χ0) is 15.6. The van der Waals surface area contributed by atoms with Crippen molar-refractivity contribution in [3.8, 4) is 0 Å². The molecule has 0 amide bonds. The number of aliphatic hydroxyl groups is 1. The molecule has 0 aliphatic carbocycles. The highest BCUT2D eigenvalue weighted by Crippen LogP contribution is 2.39. The Morgan fingerprint density at radius 1 is 1.57 bits per heavy atom. The van der Waals surface area contributed by atoms with Gasteiger partial charge in [0.25, 0.3) is 15.7 Å². The third-order valence-electron chi connectivity index (χ3n) is 3.42. The van der Waals surface area contributed by atoms with E-state index < -0.39 is 14.9 Å². The van der Waals surface area contributed by atoms with E-state index in [0.29, 0.717) is 30.7 Å². The van der Waals surface area contributed by atoms with Crippen molar-refractivity contribution in [1.82, 2.24) is 4.31 Å². The van der Waals surface area contributed by atoms with Gasteiger partial charge in [-0.1, -0.05) is 11.6 Å². The average molecular weight is 355 g/mol. The van der Waals surface area contributed by atoms with Crippen molar-refractivity contribution in [2.45, 2.75) is 35.9 Å². The van der Waals surface area contributed by atoms with Crippen LogP contribution in [-0.2, 0) is 10.0 Å². The van der Waals surface area contributed by atoms with Crippen LogP contribution in [0.5, 0.6) is 0 Å². The Bertz CT molecular complexity index is 631. The third-order valence-corrected chi connectivity index (χ3v) is 7.16. The largest absolute Gasteiger partial charge is 0.396 e. The van der Waals surface area contributed by atoms with Crippen molar-refractivity contribution in [1.29, 1.82) is 0 Å². The topological polar surface area (TPSA) is 101 Å². The lowest BCUT2D eigenvalue weighted by atomic mass is 10.1. The molecule has 2 heterocycles. The van der Waals surface area contributed by atoms with Gasteiger partial charge in [0.2, 0.25) is 0 Å². The molecule has 1 aliphatic heterocycles. The second-order valence-electron chi connectivity index (χ2n) is 4.76. The van der Waals surface area contributed by atoms with Gasteiger partial charge in [0, 0.05) is 25.3 Å². The summed E-state index contributed by atoms with van der Waals surface area (Å²) in [6, 6.07) is 0.853. The van der Waals surface area contributed by atoms with E-state index in [0.717, 1.165) is 18.9 Å². The molecule has 1 aromatic heterocycles. The summed E-state index contributed by atoms with van der Waals surface area (Å²) in [6.07, 6.45) is 2.59. The van der Waals surface area contributed by atoms with Crippen LogP contribution in [0, 0.1) is 10.1 Å². The lowest BCUT2D eigenvalue weighted by Gasteiger charge is -2.22. The maximum Gasteiger partial charge on any atom is 0.300 e. The number of thiophene rings is 1. The monoisotopic (exact) mass is 354 g/mol. The minimum Gasteiger partial charge on any atom is -0.396 e. The maximum atomic E-state index is 12.6. The molecule has 10 heteroatoms. The van der Waals surface area contributed by atoms with Gasteiger partial charge in [-0.2, -0.15) is 4.31 Å². The molecule has 1 unspecified atom stereocenters. The molecule has 1 N–H and O–H groups in total. The molecule has 1 aromatic rings. The highest BCUT2D eigenvalue weighted by molar-refractivity contribution is 7.91. The minimum absolute atomic E-state index is 0.0146. The molecule has 1 atom stereocenters. The average Bonchev–Trinajstić information content (AvgIpc) is 3.02. The molecular formula is C11H15ClN2O5S2. The molecule has 0 bridgehead atoms. The molecule has 2 rings (SSSR count). The van der Waals surface area contributed by atoms with E-state index in [1.807, 2.05) is 0 Å². The lowest BCUT2D eigenvalue weighted by Crippen LogP contribution is -2.35. The fourth-order valence-corrected chi connectivity index (χ4v) is 5.96. The van der Waals surface area contributed by atoms with E-state index in [-0.39, 0.29) is 26.9 Å². The Morgan fingerprint density at radius 3 is 2.86 bits per heavy atom. The zero-order valence-electron chi connectivity index (χ0n) is 11.1. The van der Waals surface area contributed by atoms with Gasteiger partial charge in [0.15, 0.2) is 4.34 Å². The van der Waals surface area contributed by atoms with Gasteiger partial charge in [0.05, 0.1) is 4.92 Å². The second-order valence-corrected chi connectivity index (χ2v) is 8.53. The highest BCUT2D eigenvalue weighted by atomic mass is 35.5. The first-order valence-corrected chi connectivity index (χ1v) is 9.08.